The number of benzene rings is 8. The van der Waals surface area contributed by atoms with Crippen molar-refractivity contribution >= 4 is 87.5 Å². The summed E-state index contributed by atoms with van der Waals surface area (Å²) in [5, 5.41) is 8.66. The fourth-order valence-electron chi connectivity index (χ4n) is 10.0. The number of furan rings is 2. The van der Waals surface area contributed by atoms with E-state index in [-0.39, 0.29) is 0 Å². The van der Waals surface area contributed by atoms with E-state index < -0.39 is 0 Å². The topological polar surface area (TPSA) is 87.7 Å². The lowest BCUT2D eigenvalue weighted by atomic mass is 10.1. The second-order valence-electron chi connectivity index (χ2n) is 16.6. The zero-order chi connectivity index (χ0) is 42.6. The van der Waals surface area contributed by atoms with E-state index in [1.54, 1.807) is 0 Å². The van der Waals surface area contributed by atoms with Gasteiger partial charge in [0, 0.05) is 55.4 Å². The largest absolute Gasteiger partial charge is 0.455 e. The van der Waals surface area contributed by atoms with Gasteiger partial charge in [0.25, 0.3) is 0 Å². The minimum absolute atomic E-state index is 0.365. The number of hydrogen-bond acceptors (Lipinski definition) is 6. The van der Waals surface area contributed by atoms with Crippen LogP contribution in [0.5, 0.6) is 0 Å². The van der Waals surface area contributed by atoms with Crippen LogP contribution in [0.1, 0.15) is 11.4 Å². The van der Waals surface area contributed by atoms with Crippen LogP contribution in [-0.4, -0.2) is 29.1 Å². The molecule has 0 radical (unpaired) electrons. The van der Waals surface area contributed by atoms with Crippen molar-refractivity contribution in [2.45, 2.75) is 6.42 Å². The average molecular weight is 835 g/mol. The summed E-state index contributed by atoms with van der Waals surface area (Å²) in [5.41, 5.74) is 11.2. The molecule has 8 aromatic carbocycles. The number of fused-ring (bicyclic) bond motifs is 14. The molecule has 6 aromatic heterocycles. The van der Waals surface area contributed by atoms with Crippen molar-refractivity contribution in [2.75, 3.05) is 0 Å². The highest BCUT2D eigenvalue weighted by Gasteiger charge is 2.24. The Balaban J connectivity index is 1.05. The van der Waals surface area contributed by atoms with E-state index in [9.17, 15) is 0 Å². The van der Waals surface area contributed by atoms with Crippen LogP contribution in [0.15, 0.2) is 203 Å². The van der Waals surface area contributed by atoms with Crippen LogP contribution >= 0.6 is 0 Å². The lowest BCUT2D eigenvalue weighted by molar-refractivity contribution is 0.672. The molecular weight excluding hydrogens is 801 g/mol. The van der Waals surface area contributed by atoms with Crippen LogP contribution in [0.25, 0.3) is 122 Å². The standard InChI is InChI=1S/C57H34N6O2/c1-3-15-34(16-4-1)55-59-50(60-56(61-55)35-17-5-2-6-18-35)32-36-31-37(62-44-23-11-7-21-42(44)51-46(62)29-27-40-38-19-9-13-25-48(38)64-53(40)51)33-58-57(36)63-45-24-12-8-22-43(45)52-47(63)30-28-41-39-20-10-14-26-49(39)65-54(41)52/h1-31,33H,32H2. The zero-order valence-electron chi connectivity index (χ0n) is 34.7. The third-order valence-electron chi connectivity index (χ3n) is 12.9. The fourth-order valence-corrected chi connectivity index (χ4v) is 10.0. The average Bonchev–Trinajstić information content (AvgIpc) is 4.12. The van der Waals surface area contributed by atoms with Crippen molar-refractivity contribution < 1.29 is 8.83 Å². The van der Waals surface area contributed by atoms with Gasteiger partial charge < -0.3 is 13.4 Å². The summed E-state index contributed by atoms with van der Waals surface area (Å²) in [5.74, 6) is 2.63. The monoisotopic (exact) mass is 834 g/mol. The van der Waals surface area contributed by atoms with E-state index in [0.29, 0.717) is 23.9 Å². The Kier molecular flexibility index (Phi) is 7.58. The molecule has 304 valence electrons. The van der Waals surface area contributed by atoms with Crippen LogP contribution in [0.3, 0.4) is 0 Å². The van der Waals surface area contributed by atoms with Crippen LogP contribution in [0.2, 0.25) is 0 Å². The number of para-hydroxylation sites is 4. The molecule has 14 rings (SSSR count). The van der Waals surface area contributed by atoms with Gasteiger partial charge in [-0.05, 0) is 54.6 Å². The van der Waals surface area contributed by atoms with Gasteiger partial charge in [-0.25, -0.2) is 19.9 Å². The molecule has 0 unspecified atom stereocenters. The van der Waals surface area contributed by atoms with Gasteiger partial charge in [0.1, 0.15) is 34.0 Å². The summed E-state index contributed by atoms with van der Waals surface area (Å²) in [4.78, 5) is 20.9. The molecule has 14 aromatic rings. The van der Waals surface area contributed by atoms with Gasteiger partial charge in [-0.3, -0.25) is 4.57 Å². The molecular formula is C57H34N6O2. The summed E-state index contributed by atoms with van der Waals surface area (Å²) in [6, 6.07) is 64.8. The van der Waals surface area contributed by atoms with Crippen molar-refractivity contribution in [2.24, 2.45) is 0 Å². The lowest BCUT2D eigenvalue weighted by Crippen LogP contribution is -2.09. The predicted octanol–water partition coefficient (Wildman–Crippen LogP) is 14.2. The minimum Gasteiger partial charge on any atom is -0.455 e. The molecule has 0 atom stereocenters. The summed E-state index contributed by atoms with van der Waals surface area (Å²) in [7, 11) is 0. The highest BCUT2D eigenvalue weighted by atomic mass is 16.3. The van der Waals surface area contributed by atoms with Gasteiger partial charge in [0.05, 0.1) is 44.7 Å². The molecule has 6 heterocycles. The first-order valence-electron chi connectivity index (χ1n) is 21.8. The van der Waals surface area contributed by atoms with Gasteiger partial charge in [-0.1, -0.05) is 133 Å². The lowest BCUT2D eigenvalue weighted by Gasteiger charge is -2.16. The fraction of sp³-hybridized carbons (Fsp3) is 0.0175. The first kappa shape index (κ1) is 35.7. The van der Waals surface area contributed by atoms with Crippen LogP contribution in [-0.2, 0) is 6.42 Å². The molecule has 0 aliphatic rings. The number of hydrogen-bond donors (Lipinski definition) is 0. The molecule has 0 saturated heterocycles. The number of nitrogens with zero attached hydrogens (tertiary/aromatic N) is 6. The molecule has 0 amide bonds. The second kappa shape index (κ2) is 13.8. The third-order valence-corrected chi connectivity index (χ3v) is 12.9. The van der Waals surface area contributed by atoms with Crippen molar-refractivity contribution in [3.05, 3.63) is 206 Å². The van der Waals surface area contributed by atoms with Crippen LogP contribution in [0.4, 0.5) is 0 Å². The van der Waals surface area contributed by atoms with E-state index in [0.717, 1.165) is 116 Å². The molecule has 0 bridgehead atoms. The third kappa shape index (κ3) is 5.37. The minimum atomic E-state index is 0.365. The molecule has 0 N–H and O–H groups in total. The highest BCUT2D eigenvalue weighted by Crippen LogP contribution is 2.43. The molecule has 65 heavy (non-hydrogen) atoms. The Labute approximate surface area is 370 Å². The van der Waals surface area contributed by atoms with Gasteiger partial charge in [0.15, 0.2) is 11.6 Å². The second-order valence-corrected chi connectivity index (χ2v) is 16.6. The Hall–Kier alpha value is -8.88. The number of rotatable bonds is 6. The maximum Gasteiger partial charge on any atom is 0.163 e. The molecule has 0 spiro atoms. The van der Waals surface area contributed by atoms with Gasteiger partial charge in [0.2, 0.25) is 0 Å². The van der Waals surface area contributed by atoms with E-state index in [1.807, 2.05) is 91.1 Å². The summed E-state index contributed by atoms with van der Waals surface area (Å²) >= 11 is 0. The first-order chi connectivity index (χ1) is 32.2. The molecule has 0 fully saturated rings. The van der Waals surface area contributed by atoms with Crippen molar-refractivity contribution in [3.8, 4) is 34.3 Å². The van der Waals surface area contributed by atoms with E-state index in [1.165, 1.54) is 0 Å². The van der Waals surface area contributed by atoms with E-state index in [4.69, 9.17) is 28.8 Å². The normalized spacial score (nSPS) is 12.1. The first-order valence-corrected chi connectivity index (χ1v) is 21.8. The zero-order valence-corrected chi connectivity index (χ0v) is 34.7. The number of aromatic nitrogens is 6. The van der Waals surface area contributed by atoms with Gasteiger partial charge in [-0.15, -0.1) is 0 Å². The van der Waals surface area contributed by atoms with E-state index >= 15 is 0 Å². The van der Waals surface area contributed by atoms with Gasteiger partial charge >= 0.3 is 0 Å². The van der Waals surface area contributed by atoms with Gasteiger partial charge in [-0.2, -0.15) is 0 Å². The highest BCUT2D eigenvalue weighted by molar-refractivity contribution is 6.25. The predicted molar refractivity (Wildman–Crippen MR) is 261 cm³/mol. The van der Waals surface area contributed by atoms with Crippen molar-refractivity contribution in [3.63, 3.8) is 0 Å². The Morgan fingerprint density at radius 3 is 1.45 bits per heavy atom. The Morgan fingerprint density at radius 2 is 0.877 bits per heavy atom. The summed E-state index contributed by atoms with van der Waals surface area (Å²) in [6.45, 7) is 0. The van der Waals surface area contributed by atoms with Crippen molar-refractivity contribution in [1.82, 2.24) is 29.1 Å². The molecule has 0 aliphatic carbocycles. The number of pyridine rings is 1. The molecule has 8 heteroatoms. The summed E-state index contributed by atoms with van der Waals surface area (Å²) in [6.07, 6.45) is 2.36. The molecule has 0 aliphatic heterocycles. The maximum atomic E-state index is 6.69. The molecule has 0 saturated carbocycles. The maximum absolute atomic E-state index is 6.69. The molecule has 8 nitrogen and oxygen atoms in total. The SMILES string of the molecule is c1ccc(-c2nc(Cc3cc(-n4c5ccccc5c5c6oc7ccccc7c6ccc54)cnc3-n3c4ccccc4c4c5oc6ccccc6c5ccc43)nc(-c3ccccc3)n2)cc1. The Morgan fingerprint density at radius 1 is 0.400 bits per heavy atom. The summed E-state index contributed by atoms with van der Waals surface area (Å²) < 4.78 is 17.9. The Bertz CT molecular complexity index is 4160. The van der Waals surface area contributed by atoms with E-state index in [2.05, 4.69) is 112 Å². The quantitative estimate of drug-likeness (QED) is 0.166. The van der Waals surface area contributed by atoms with Crippen molar-refractivity contribution in [1.29, 1.82) is 0 Å². The van der Waals surface area contributed by atoms with Crippen LogP contribution in [0, 0.1) is 0 Å². The smallest absolute Gasteiger partial charge is 0.163 e. The van der Waals surface area contributed by atoms with Crippen LogP contribution < -0.4 is 0 Å².